The zero-order valence-corrected chi connectivity index (χ0v) is 9.85. The summed E-state index contributed by atoms with van der Waals surface area (Å²) < 4.78 is 7.54. The van der Waals surface area contributed by atoms with Crippen LogP contribution < -0.4 is 5.73 Å². The molecule has 0 unspecified atom stereocenters. The van der Waals surface area contributed by atoms with Gasteiger partial charge in [0.2, 0.25) is 0 Å². The number of nitrogens with zero attached hydrogens (tertiary/aromatic N) is 3. The van der Waals surface area contributed by atoms with Gasteiger partial charge in [0.1, 0.15) is 5.82 Å². The number of imidazole rings is 1. The lowest BCUT2D eigenvalue weighted by molar-refractivity contribution is 0.0326. The summed E-state index contributed by atoms with van der Waals surface area (Å²) in [5.41, 5.74) is 6.79. The third kappa shape index (κ3) is 2.42. The van der Waals surface area contributed by atoms with Crippen LogP contribution in [-0.2, 0) is 24.4 Å². The summed E-state index contributed by atoms with van der Waals surface area (Å²) in [4.78, 5) is 6.83. The van der Waals surface area contributed by atoms with Crippen molar-refractivity contribution >= 4 is 0 Å². The van der Waals surface area contributed by atoms with Crippen LogP contribution in [0, 0.1) is 0 Å². The number of ether oxygens (including phenoxy) is 1. The summed E-state index contributed by atoms with van der Waals surface area (Å²) in [5.74, 6) is 1.12. The van der Waals surface area contributed by atoms with Gasteiger partial charge in [-0.2, -0.15) is 0 Å². The smallest absolute Gasteiger partial charge is 0.123 e. The number of morpholine rings is 1. The second-order valence-electron chi connectivity index (χ2n) is 4.00. The van der Waals surface area contributed by atoms with Gasteiger partial charge in [-0.3, -0.25) is 4.90 Å². The van der Waals surface area contributed by atoms with E-state index in [1.54, 1.807) is 0 Å². The summed E-state index contributed by atoms with van der Waals surface area (Å²) in [5, 5.41) is 0. The van der Waals surface area contributed by atoms with Gasteiger partial charge in [-0.15, -0.1) is 0 Å². The Morgan fingerprint density at radius 2 is 2.19 bits per heavy atom. The van der Waals surface area contributed by atoms with Gasteiger partial charge in [0.05, 0.1) is 25.5 Å². The molecule has 0 aliphatic carbocycles. The van der Waals surface area contributed by atoms with E-state index in [0.29, 0.717) is 6.54 Å². The molecule has 1 aromatic heterocycles. The first-order valence-corrected chi connectivity index (χ1v) is 5.88. The predicted octanol–water partition coefficient (Wildman–Crippen LogP) is 0.194. The lowest BCUT2D eigenvalue weighted by atomic mass is 10.4. The minimum absolute atomic E-state index is 0.559. The van der Waals surface area contributed by atoms with E-state index in [-0.39, 0.29) is 0 Å². The Morgan fingerprint density at radius 3 is 2.81 bits per heavy atom. The summed E-state index contributed by atoms with van der Waals surface area (Å²) in [7, 11) is 0. The van der Waals surface area contributed by atoms with Crippen molar-refractivity contribution < 1.29 is 4.74 Å². The molecule has 1 fully saturated rings. The lowest BCUT2D eigenvalue weighted by Crippen LogP contribution is -2.36. The van der Waals surface area contributed by atoms with E-state index in [1.165, 1.54) is 0 Å². The van der Waals surface area contributed by atoms with Gasteiger partial charge in [-0.25, -0.2) is 4.98 Å². The molecule has 0 aromatic carbocycles. The van der Waals surface area contributed by atoms with Crippen molar-refractivity contribution in [3.63, 3.8) is 0 Å². The van der Waals surface area contributed by atoms with Crippen molar-refractivity contribution in [2.75, 3.05) is 26.3 Å². The molecule has 2 N–H and O–H groups in total. The van der Waals surface area contributed by atoms with Crippen molar-refractivity contribution in [2.45, 2.75) is 26.6 Å². The molecule has 2 rings (SSSR count). The lowest BCUT2D eigenvalue weighted by Gasteiger charge is -2.26. The molecule has 2 heterocycles. The van der Waals surface area contributed by atoms with Crippen LogP contribution in [0.3, 0.4) is 0 Å². The van der Waals surface area contributed by atoms with Crippen molar-refractivity contribution in [3.8, 4) is 0 Å². The summed E-state index contributed by atoms with van der Waals surface area (Å²) in [6.07, 6.45) is 1.89. The standard InChI is InChI=1S/C11H20N4O/c1-2-15-10(7-12)8-13-11(15)9-14-3-5-16-6-4-14/h8H,2-7,9,12H2,1H3. The molecular weight excluding hydrogens is 204 g/mol. The molecule has 0 amide bonds. The molecule has 1 aliphatic rings. The Kier molecular flexibility index (Phi) is 3.93. The molecular formula is C11H20N4O. The summed E-state index contributed by atoms with van der Waals surface area (Å²) in [6, 6.07) is 0. The minimum Gasteiger partial charge on any atom is -0.379 e. The van der Waals surface area contributed by atoms with E-state index in [0.717, 1.165) is 50.9 Å². The molecule has 1 aliphatic heterocycles. The van der Waals surface area contributed by atoms with Crippen LogP contribution in [-0.4, -0.2) is 40.8 Å². The zero-order chi connectivity index (χ0) is 11.4. The van der Waals surface area contributed by atoms with Crippen LogP contribution in [0.5, 0.6) is 0 Å². The van der Waals surface area contributed by atoms with Crippen molar-refractivity contribution in [2.24, 2.45) is 5.73 Å². The molecule has 0 spiro atoms. The quantitative estimate of drug-likeness (QED) is 0.793. The van der Waals surface area contributed by atoms with Gasteiger partial charge < -0.3 is 15.0 Å². The molecule has 0 bridgehead atoms. The Bertz CT molecular complexity index is 331. The Morgan fingerprint density at radius 1 is 1.44 bits per heavy atom. The fourth-order valence-electron chi connectivity index (χ4n) is 2.09. The fraction of sp³-hybridized carbons (Fsp3) is 0.727. The summed E-state index contributed by atoms with van der Waals surface area (Å²) in [6.45, 7) is 8.17. The highest BCUT2D eigenvalue weighted by molar-refractivity contribution is 5.05. The molecule has 5 heteroatoms. The monoisotopic (exact) mass is 224 g/mol. The van der Waals surface area contributed by atoms with E-state index in [2.05, 4.69) is 21.4 Å². The van der Waals surface area contributed by atoms with Crippen LogP contribution in [0.4, 0.5) is 0 Å². The average molecular weight is 224 g/mol. The molecule has 16 heavy (non-hydrogen) atoms. The first-order chi connectivity index (χ1) is 7.85. The van der Waals surface area contributed by atoms with Gasteiger partial charge in [0.25, 0.3) is 0 Å². The highest BCUT2D eigenvalue weighted by Crippen LogP contribution is 2.09. The minimum atomic E-state index is 0.559. The average Bonchev–Trinajstić information content (AvgIpc) is 2.72. The maximum atomic E-state index is 5.68. The Balaban J connectivity index is 2.05. The van der Waals surface area contributed by atoms with Gasteiger partial charge in [0, 0.05) is 32.4 Å². The van der Waals surface area contributed by atoms with Crippen molar-refractivity contribution in [1.29, 1.82) is 0 Å². The predicted molar refractivity (Wildman–Crippen MR) is 61.9 cm³/mol. The number of rotatable bonds is 4. The number of nitrogens with two attached hydrogens (primary N) is 1. The van der Waals surface area contributed by atoms with E-state index in [9.17, 15) is 0 Å². The molecule has 1 saturated heterocycles. The Labute approximate surface area is 96.2 Å². The second kappa shape index (κ2) is 5.43. The molecule has 5 nitrogen and oxygen atoms in total. The van der Waals surface area contributed by atoms with E-state index < -0.39 is 0 Å². The highest BCUT2D eigenvalue weighted by Gasteiger charge is 2.14. The normalized spacial score (nSPS) is 17.9. The third-order valence-corrected chi connectivity index (χ3v) is 3.01. The Hall–Kier alpha value is -0.910. The van der Waals surface area contributed by atoms with E-state index in [4.69, 9.17) is 10.5 Å². The van der Waals surface area contributed by atoms with Crippen LogP contribution in [0.15, 0.2) is 6.20 Å². The SMILES string of the molecule is CCn1c(CN)cnc1CN1CCOCC1. The van der Waals surface area contributed by atoms with Crippen molar-refractivity contribution in [1.82, 2.24) is 14.5 Å². The number of hydrogen-bond donors (Lipinski definition) is 1. The van der Waals surface area contributed by atoms with Crippen LogP contribution >= 0.6 is 0 Å². The second-order valence-corrected chi connectivity index (χ2v) is 4.00. The van der Waals surface area contributed by atoms with Crippen molar-refractivity contribution in [3.05, 3.63) is 17.7 Å². The molecule has 1 aromatic rings. The molecule has 0 saturated carbocycles. The van der Waals surface area contributed by atoms with Gasteiger partial charge >= 0.3 is 0 Å². The van der Waals surface area contributed by atoms with Gasteiger partial charge in [-0.05, 0) is 6.92 Å². The molecule has 0 radical (unpaired) electrons. The largest absolute Gasteiger partial charge is 0.379 e. The third-order valence-electron chi connectivity index (χ3n) is 3.01. The molecule has 0 atom stereocenters. The van der Waals surface area contributed by atoms with Crippen LogP contribution in [0.2, 0.25) is 0 Å². The fourth-order valence-corrected chi connectivity index (χ4v) is 2.09. The summed E-state index contributed by atoms with van der Waals surface area (Å²) >= 11 is 0. The van der Waals surface area contributed by atoms with Gasteiger partial charge in [-0.1, -0.05) is 0 Å². The molecule has 90 valence electrons. The first kappa shape index (κ1) is 11.6. The number of aromatic nitrogens is 2. The first-order valence-electron chi connectivity index (χ1n) is 5.88. The highest BCUT2D eigenvalue weighted by atomic mass is 16.5. The van der Waals surface area contributed by atoms with Crippen LogP contribution in [0.1, 0.15) is 18.4 Å². The topological polar surface area (TPSA) is 56.3 Å². The zero-order valence-electron chi connectivity index (χ0n) is 9.85. The maximum absolute atomic E-state index is 5.68. The maximum Gasteiger partial charge on any atom is 0.123 e. The number of hydrogen-bond acceptors (Lipinski definition) is 4. The van der Waals surface area contributed by atoms with Crippen LogP contribution in [0.25, 0.3) is 0 Å². The van der Waals surface area contributed by atoms with E-state index >= 15 is 0 Å². The van der Waals surface area contributed by atoms with Gasteiger partial charge in [0.15, 0.2) is 0 Å². The van der Waals surface area contributed by atoms with E-state index in [1.807, 2.05) is 6.20 Å².